The fraction of sp³-hybridized carbons (Fsp3) is 0.515. The number of hydrogen-bond acceptors (Lipinski definition) is 4. The van der Waals surface area contributed by atoms with Crippen molar-refractivity contribution in [3.05, 3.63) is 69.6 Å². The van der Waals surface area contributed by atoms with Crippen molar-refractivity contribution in [1.29, 1.82) is 0 Å². The molecule has 0 aliphatic heterocycles. The average molecular weight is 586 g/mol. The van der Waals surface area contributed by atoms with Crippen LogP contribution in [0.4, 0.5) is 5.69 Å². The Bertz CT molecular complexity index is 1150. The van der Waals surface area contributed by atoms with Crippen LogP contribution in [-0.2, 0) is 11.3 Å². The molecule has 5 nitrogen and oxygen atoms in total. The molecular formula is C33H46ClN2O3S+. The number of hydrogen-bond donors (Lipinski definition) is 1. The van der Waals surface area contributed by atoms with E-state index >= 15 is 0 Å². The van der Waals surface area contributed by atoms with Crippen LogP contribution in [0.3, 0.4) is 0 Å². The molecule has 0 spiro atoms. The Kier molecular flexibility index (Phi) is 15.0. The lowest BCUT2D eigenvalue weighted by molar-refractivity contribution is -0.689. The van der Waals surface area contributed by atoms with E-state index in [0.717, 1.165) is 30.0 Å². The number of carbonyl (C=O) groups excluding carboxylic acids is 1. The summed E-state index contributed by atoms with van der Waals surface area (Å²) in [5.41, 5.74) is 1.86. The second-order valence-corrected chi connectivity index (χ2v) is 11.9. The van der Waals surface area contributed by atoms with Crippen LogP contribution in [0.25, 0.3) is 0 Å². The van der Waals surface area contributed by atoms with E-state index in [1.54, 1.807) is 23.5 Å². The predicted octanol–water partition coefficient (Wildman–Crippen LogP) is 9.14. The highest BCUT2D eigenvalue weighted by molar-refractivity contribution is 7.09. The van der Waals surface area contributed by atoms with Crippen LogP contribution in [0.1, 0.15) is 94.5 Å². The molecule has 0 saturated carbocycles. The highest BCUT2D eigenvalue weighted by Crippen LogP contribution is 2.29. The number of nitrogens with one attached hydrogen (secondary N) is 1. The van der Waals surface area contributed by atoms with Gasteiger partial charge in [0, 0.05) is 24.2 Å². The molecule has 218 valence electrons. The summed E-state index contributed by atoms with van der Waals surface area (Å²) < 4.78 is 13.7. The lowest BCUT2D eigenvalue weighted by Gasteiger charge is -2.11. The number of aromatic nitrogens is 1. The van der Waals surface area contributed by atoms with Gasteiger partial charge in [0.1, 0.15) is 11.5 Å². The summed E-state index contributed by atoms with van der Waals surface area (Å²) in [7, 11) is 0. The molecule has 2 aromatic carbocycles. The maximum atomic E-state index is 12.5. The van der Waals surface area contributed by atoms with Crippen LogP contribution in [-0.4, -0.2) is 19.1 Å². The fourth-order valence-electron chi connectivity index (χ4n) is 4.65. The molecule has 40 heavy (non-hydrogen) atoms. The molecule has 0 bridgehead atoms. The third kappa shape index (κ3) is 12.3. The van der Waals surface area contributed by atoms with E-state index in [-0.39, 0.29) is 12.5 Å². The highest BCUT2D eigenvalue weighted by atomic mass is 35.5. The molecule has 0 aliphatic rings. The number of halogens is 1. The number of nitrogens with zero attached hydrogens (tertiary/aromatic N) is 1. The molecule has 7 heteroatoms. The Labute approximate surface area is 249 Å². The van der Waals surface area contributed by atoms with E-state index in [9.17, 15) is 4.79 Å². The lowest BCUT2D eigenvalue weighted by atomic mass is 10.1. The third-order valence-corrected chi connectivity index (χ3v) is 8.11. The standard InChI is InChI=1S/C33H45ClN2O3S/c1-3-4-5-6-7-8-9-10-11-12-13-14-21-38-30-18-19-32(31(34)24-30)39-26-33(37)35-29-17-15-16-28(23-29)25-36-20-22-40-27(36)2/h15-20,22-24H,3-14,21,25-26H2,1-2H3/p+1. The minimum Gasteiger partial charge on any atom is -0.494 e. The highest BCUT2D eigenvalue weighted by Gasteiger charge is 2.11. The first-order valence-corrected chi connectivity index (χ1v) is 16.2. The van der Waals surface area contributed by atoms with Crippen molar-refractivity contribution < 1.29 is 18.8 Å². The molecule has 3 rings (SSSR count). The number of benzene rings is 2. The van der Waals surface area contributed by atoms with Crippen LogP contribution in [0.15, 0.2) is 54.0 Å². The van der Waals surface area contributed by atoms with Gasteiger partial charge in [0.25, 0.3) is 5.91 Å². The van der Waals surface area contributed by atoms with E-state index < -0.39 is 0 Å². The van der Waals surface area contributed by atoms with Gasteiger partial charge in [-0.1, -0.05) is 113 Å². The number of amides is 1. The number of aryl methyl sites for hydroxylation is 1. The van der Waals surface area contributed by atoms with E-state index in [4.69, 9.17) is 21.1 Å². The van der Waals surface area contributed by atoms with E-state index in [1.807, 2.05) is 24.3 Å². The van der Waals surface area contributed by atoms with Crippen molar-refractivity contribution in [3.8, 4) is 11.5 Å². The first-order valence-electron chi connectivity index (χ1n) is 14.9. The Morgan fingerprint density at radius 2 is 1.60 bits per heavy atom. The SMILES string of the molecule is CCCCCCCCCCCCCCOc1ccc(OCC(=O)Nc2cccc(C[n+]3ccsc3C)c2)c(Cl)c1. The number of carbonyl (C=O) groups is 1. The predicted molar refractivity (Wildman–Crippen MR) is 167 cm³/mol. The summed E-state index contributed by atoms with van der Waals surface area (Å²) in [4.78, 5) is 12.5. The quantitative estimate of drug-likeness (QED) is 0.106. The average Bonchev–Trinajstić information content (AvgIpc) is 3.34. The van der Waals surface area contributed by atoms with Crippen molar-refractivity contribution in [2.75, 3.05) is 18.5 Å². The molecule has 1 N–H and O–H groups in total. The van der Waals surface area contributed by atoms with Crippen molar-refractivity contribution in [1.82, 2.24) is 0 Å². The van der Waals surface area contributed by atoms with Gasteiger partial charge >= 0.3 is 0 Å². The molecule has 0 fully saturated rings. The molecular weight excluding hydrogens is 540 g/mol. The van der Waals surface area contributed by atoms with Gasteiger partial charge in [-0.3, -0.25) is 4.79 Å². The second-order valence-electron chi connectivity index (χ2n) is 10.4. The Hall–Kier alpha value is -2.57. The molecule has 1 aromatic heterocycles. The fourth-order valence-corrected chi connectivity index (χ4v) is 5.54. The van der Waals surface area contributed by atoms with E-state index in [0.29, 0.717) is 17.4 Å². The van der Waals surface area contributed by atoms with Crippen LogP contribution in [0, 0.1) is 6.92 Å². The Balaban J connectivity index is 1.28. The molecule has 0 aliphatic carbocycles. The monoisotopic (exact) mass is 585 g/mol. The van der Waals surface area contributed by atoms with E-state index in [2.05, 4.69) is 41.4 Å². The first-order chi connectivity index (χ1) is 19.5. The zero-order valence-corrected chi connectivity index (χ0v) is 25.8. The minimum absolute atomic E-state index is 0.124. The maximum absolute atomic E-state index is 12.5. The van der Waals surface area contributed by atoms with Crippen LogP contribution in [0.5, 0.6) is 11.5 Å². The van der Waals surface area contributed by atoms with Crippen LogP contribution in [0.2, 0.25) is 5.02 Å². The molecule has 0 radical (unpaired) electrons. The van der Waals surface area contributed by atoms with Gasteiger partial charge in [0.15, 0.2) is 19.3 Å². The maximum Gasteiger partial charge on any atom is 0.262 e. The molecule has 1 heterocycles. The van der Waals surface area contributed by atoms with E-state index in [1.165, 1.54) is 75.6 Å². The third-order valence-electron chi connectivity index (χ3n) is 6.98. The summed E-state index contributed by atoms with van der Waals surface area (Å²) in [5.74, 6) is 0.952. The molecule has 0 saturated heterocycles. The summed E-state index contributed by atoms with van der Waals surface area (Å²) in [6.45, 7) is 5.68. The number of anilines is 1. The Morgan fingerprint density at radius 3 is 2.25 bits per heavy atom. The summed E-state index contributed by atoms with van der Waals surface area (Å²) in [6, 6.07) is 13.2. The summed E-state index contributed by atoms with van der Waals surface area (Å²) in [5, 5.41) is 6.65. The Morgan fingerprint density at radius 1 is 0.900 bits per heavy atom. The van der Waals surface area contributed by atoms with Crippen molar-refractivity contribution in [2.24, 2.45) is 0 Å². The zero-order chi connectivity index (χ0) is 28.4. The molecule has 1 amide bonds. The summed E-state index contributed by atoms with van der Waals surface area (Å²) in [6.07, 6.45) is 17.9. The van der Waals surface area contributed by atoms with Gasteiger partial charge in [0.05, 0.1) is 17.0 Å². The van der Waals surface area contributed by atoms with Crippen molar-refractivity contribution in [3.63, 3.8) is 0 Å². The number of rotatable bonds is 20. The second kappa shape index (κ2) is 18.7. The number of unbranched alkanes of at least 4 members (excludes halogenated alkanes) is 11. The normalized spacial score (nSPS) is 11.0. The lowest BCUT2D eigenvalue weighted by Crippen LogP contribution is -2.34. The van der Waals surface area contributed by atoms with Gasteiger partial charge in [-0.25, -0.2) is 0 Å². The zero-order valence-electron chi connectivity index (χ0n) is 24.3. The van der Waals surface area contributed by atoms with Crippen LogP contribution >= 0.6 is 22.9 Å². The topological polar surface area (TPSA) is 51.4 Å². The summed E-state index contributed by atoms with van der Waals surface area (Å²) >= 11 is 8.11. The van der Waals surface area contributed by atoms with Crippen molar-refractivity contribution in [2.45, 2.75) is 97.4 Å². The molecule has 0 unspecified atom stereocenters. The number of thiazole rings is 1. The van der Waals surface area contributed by atoms with Gasteiger partial charge in [-0.2, -0.15) is 4.57 Å². The van der Waals surface area contributed by atoms with Crippen LogP contribution < -0.4 is 19.4 Å². The first kappa shape index (κ1) is 32.0. The van der Waals surface area contributed by atoms with Gasteiger partial charge < -0.3 is 14.8 Å². The molecule has 0 atom stereocenters. The van der Waals surface area contributed by atoms with Gasteiger partial charge in [-0.05, 0) is 30.7 Å². The number of ether oxygens (including phenoxy) is 2. The van der Waals surface area contributed by atoms with Gasteiger partial charge in [-0.15, -0.1) is 0 Å². The van der Waals surface area contributed by atoms with Gasteiger partial charge in [0.2, 0.25) is 5.01 Å². The van der Waals surface area contributed by atoms with Crippen molar-refractivity contribution >= 4 is 34.5 Å². The smallest absolute Gasteiger partial charge is 0.262 e. The largest absolute Gasteiger partial charge is 0.494 e. The minimum atomic E-state index is -0.236. The molecule has 3 aromatic rings.